The van der Waals surface area contributed by atoms with E-state index >= 15 is 0 Å². The molecule has 0 aliphatic carbocycles. The molecule has 1 atom stereocenters. The highest BCUT2D eigenvalue weighted by Gasteiger charge is 2.31. The van der Waals surface area contributed by atoms with Crippen LogP contribution in [0, 0.1) is 18.3 Å². The number of benzene rings is 3. The van der Waals surface area contributed by atoms with Gasteiger partial charge in [-0.25, -0.2) is 4.79 Å². The molecule has 174 valence electrons. The largest absolute Gasteiger partial charge is 0.449 e. The summed E-state index contributed by atoms with van der Waals surface area (Å²) in [6.07, 6.45) is 0.921. The van der Waals surface area contributed by atoms with Gasteiger partial charge in [-0.1, -0.05) is 53.2 Å². The standard InChI is InChI=1S/C28H21BrN2O4/c1-3-16-4-6-17(7-5-16)25-21-11-9-19(13-24(21)35-27(31)22(25)14-30)33-28(32)26-15(2)20-10-8-18(29)12-23(20)34-26/h4-13,25H,3,31H2,1-2H3. The van der Waals surface area contributed by atoms with Crippen LogP contribution in [-0.4, -0.2) is 5.97 Å². The van der Waals surface area contributed by atoms with Crippen molar-refractivity contribution in [3.8, 4) is 17.6 Å². The molecule has 1 aliphatic heterocycles. The van der Waals surface area contributed by atoms with Gasteiger partial charge in [-0.3, -0.25) is 0 Å². The van der Waals surface area contributed by atoms with Crippen LogP contribution in [0.15, 0.2) is 81.0 Å². The molecule has 7 heteroatoms. The maximum Gasteiger partial charge on any atom is 0.379 e. The predicted octanol–water partition coefficient (Wildman–Crippen LogP) is 6.50. The Morgan fingerprint density at radius 3 is 2.63 bits per heavy atom. The third-order valence-electron chi connectivity index (χ3n) is 6.21. The van der Waals surface area contributed by atoms with Crippen LogP contribution in [0.4, 0.5) is 0 Å². The second kappa shape index (κ2) is 8.97. The van der Waals surface area contributed by atoms with Crippen molar-refractivity contribution in [2.75, 3.05) is 0 Å². The lowest BCUT2D eigenvalue weighted by molar-refractivity contribution is 0.0702. The van der Waals surface area contributed by atoms with Crippen LogP contribution in [0.5, 0.6) is 11.5 Å². The number of nitrogens with two attached hydrogens (primary N) is 1. The van der Waals surface area contributed by atoms with Crippen molar-refractivity contribution in [2.24, 2.45) is 5.73 Å². The summed E-state index contributed by atoms with van der Waals surface area (Å²) in [6, 6.07) is 20.9. The quantitative estimate of drug-likeness (QED) is 0.239. The van der Waals surface area contributed by atoms with E-state index in [1.165, 1.54) is 5.56 Å². The number of aryl methyl sites for hydroxylation is 2. The summed E-state index contributed by atoms with van der Waals surface area (Å²) in [5, 5.41) is 10.6. The Bertz CT molecular complexity index is 1540. The van der Waals surface area contributed by atoms with Gasteiger partial charge in [0.25, 0.3) is 0 Å². The summed E-state index contributed by atoms with van der Waals surface area (Å²) >= 11 is 3.41. The number of allylic oxidation sites excluding steroid dienone is 1. The first kappa shape index (κ1) is 22.8. The molecule has 1 aliphatic rings. The summed E-state index contributed by atoms with van der Waals surface area (Å²) < 4.78 is 18.0. The van der Waals surface area contributed by atoms with Crippen LogP contribution in [0.3, 0.4) is 0 Å². The molecule has 4 aromatic rings. The van der Waals surface area contributed by atoms with E-state index < -0.39 is 5.97 Å². The highest BCUT2D eigenvalue weighted by molar-refractivity contribution is 9.10. The van der Waals surface area contributed by atoms with Crippen LogP contribution in [0.2, 0.25) is 0 Å². The monoisotopic (exact) mass is 528 g/mol. The Labute approximate surface area is 210 Å². The van der Waals surface area contributed by atoms with E-state index in [0.717, 1.165) is 27.4 Å². The smallest absolute Gasteiger partial charge is 0.379 e. The number of rotatable bonds is 4. The predicted molar refractivity (Wildman–Crippen MR) is 135 cm³/mol. The van der Waals surface area contributed by atoms with Gasteiger partial charge < -0.3 is 19.6 Å². The zero-order chi connectivity index (χ0) is 24.7. The lowest BCUT2D eigenvalue weighted by Gasteiger charge is -2.26. The highest BCUT2D eigenvalue weighted by atomic mass is 79.9. The summed E-state index contributed by atoms with van der Waals surface area (Å²) in [5.74, 6) is -0.109. The zero-order valence-electron chi connectivity index (χ0n) is 19.1. The van der Waals surface area contributed by atoms with E-state index in [1.807, 2.05) is 43.3 Å². The minimum absolute atomic E-state index is 0.0340. The van der Waals surface area contributed by atoms with Crippen LogP contribution < -0.4 is 15.2 Å². The second-order valence-electron chi connectivity index (χ2n) is 8.31. The van der Waals surface area contributed by atoms with Gasteiger partial charge in [0.05, 0.1) is 5.92 Å². The molecule has 0 saturated carbocycles. The number of hydrogen-bond donors (Lipinski definition) is 1. The minimum atomic E-state index is -0.612. The lowest BCUT2D eigenvalue weighted by Crippen LogP contribution is -2.21. The van der Waals surface area contributed by atoms with E-state index in [-0.39, 0.29) is 23.3 Å². The third kappa shape index (κ3) is 4.07. The van der Waals surface area contributed by atoms with Gasteiger partial charge in [-0.2, -0.15) is 5.26 Å². The summed E-state index contributed by atoms with van der Waals surface area (Å²) in [4.78, 5) is 12.9. The number of nitrogens with zero attached hydrogens (tertiary/aromatic N) is 1. The average Bonchev–Trinajstić information content (AvgIpc) is 3.18. The second-order valence-corrected chi connectivity index (χ2v) is 9.22. The van der Waals surface area contributed by atoms with Crippen molar-refractivity contribution in [2.45, 2.75) is 26.2 Å². The Kier molecular flexibility index (Phi) is 5.83. The van der Waals surface area contributed by atoms with Gasteiger partial charge in [0.1, 0.15) is 28.7 Å². The number of halogens is 1. The maximum absolute atomic E-state index is 12.9. The van der Waals surface area contributed by atoms with Crippen LogP contribution in [0.25, 0.3) is 11.0 Å². The van der Waals surface area contributed by atoms with Gasteiger partial charge in [0.2, 0.25) is 11.6 Å². The van der Waals surface area contributed by atoms with E-state index in [2.05, 4.69) is 28.9 Å². The number of esters is 1. The number of fused-ring (bicyclic) bond motifs is 2. The fourth-order valence-electron chi connectivity index (χ4n) is 4.34. The van der Waals surface area contributed by atoms with Crippen molar-refractivity contribution >= 4 is 32.9 Å². The number of nitriles is 1. The summed E-state index contributed by atoms with van der Waals surface area (Å²) in [7, 11) is 0. The van der Waals surface area contributed by atoms with Gasteiger partial charge in [-0.05, 0) is 48.7 Å². The maximum atomic E-state index is 12.9. The molecular weight excluding hydrogens is 508 g/mol. The lowest BCUT2D eigenvalue weighted by atomic mass is 9.83. The SMILES string of the molecule is CCc1ccc(C2C(C#N)=C(N)Oc3cc(OC(=O)c4oc5cc(Br)ccc5c4C)ccc32)cc1. The van der Waals surface area contributed by atoms with Crippen LogP contribution in [-0.2, 0) is 6.42 Å². The number of carbonyl (C=O) groups excluding carboxylic acids is 1. The first-order chi connectivity index (χ1) is 16.9. The fraction of sp³-hybridized carbons (Fsp3) is 0.143. The average molecular weight is 529 g/mol. The van der Waals surface area contributed by atoms with Crippen LogP contribution >= 0.6 is 15.9 Å². The van der Waals surface area contributed by atoms with E-state index in [9.17, 15) is 10.1 Å². The molecule has 1 unspecified atom stereocenters. The Morgan fingerprint density at radius 1 is 1.14 bits per heavy atom. The normalized spacial score (nSPS) is 14.9. The molecular formula is C28H21BrN2O4. The Balaban J connectivity index is 1.48. The van der Waals surface area contributed by atoms with Crippen molar-refractivity contribution in [3.63, 3.8) is 0 Å². The molecule has 0 amide bonds. The van der Waals surface area contributed by atoms with Gasteiger partial charge in [0.15, 0.2) is 0 Å². The first-order valence-electron chi connectivity index (χ1n) is 11.1. The number of furan rings is 1. The zero-order valence-corrected chi connectivity index (χ0v) is 20.7. The summed E-state index contributed by atoms with van der Waals surface area (Å²) in [6.45, 7) is 3.90. The highest BCUT2D eigenvalue weighted by Crippen LogP contribution is 2.43. The number of ether oxygens (including phenoxy) is 2. The van der Waals surface area contributed by atoms with Crippen molar-refractivity contribution in [1.82, 2.24) is 0 Å². The topological polar surface area (TPSA) is 98.5 Å². The van der Waals surface area contributed by atoms with E-state index in [4.69, 9.17) is 19.6 Å². The van der Waals surface area contributed by atoms with E-state index in [0.29, 0.717) is 22.5 Å². The molecule has 3 aromatic carbocycles. The number of hydrogen-bond acceptors (Lipinski definition) is 6. The molecule has 6 nitrogen and oxygen atoms in total. The Hall–Kier alpha value is -4.02. The van der Waals surface area contributed by atoms with E-state index in [1.54, 1.807) is 24.3 Å². The van der Waals surface area contributed by atoms with Crippen molar-refractivity contribution < 1.29 is 18.7 Å². The summed E-state index contributed by atoms with van der Waals surface area (Å²) in [5.41, 5.74) is 10.7. The first-order valence-corrected chi connectivity index (χ1v) is 11.9. The van der Waals surface area contributed by atoms with Gasteiger partial charge in [0, 0.05) is 27.1 Å². The molecule has 35 heavy (non-hydrogen) atoms. The van der Waals surface area contributed by atoms with Crippen molar-refractivity contribution in [3.05, 3.63) is 105 Å². The molecule has 5 rings (SSSR count). The third-order valence-corrected chi connectivity index (χ3v) is 6.70. The van der Waals surface area contributed by atoms with Crippen LogP contribution in [0.1, 0.15) is 45.7 Å². The van der Waals surface area contributed by atoms with Gasteiger partial charge in [-0.15, -0.1) is 0 Å². The van der Waals surface area contributed by atoms with Gasteiger partial charge >= 0.3 is 5.97 Å². The molecule has 0 radical (unpaired) electrons. The molecule has 0 spiro atoms. The van der Waals surface area contributed by atoms with Crippen molar-refractivity contribution in [1.29, 1.82) is 5.26 Å². The molecule has 0 saturated heterocycles. The molecule has 2 N–H and O–H groups in total. The molecule has 0 bridgehead atoms. The minimum Gasteiger partial charge on any atom is -0.449 e. The Morgan fingerprint density at radius 2 is 1.91 bits per heavy atom. The fourth-order valence-corrected chi connectivity index (χ4v) is 4.68. The molecule has 0 fully saturated rings. The number of carbonyl (C=O) groups is 1. The molecule has 1 aromatic heterocycles. The molecule has 2 heterocycles.